The lowest BCUT2D eigenvalue weighted by Crippen LogP contribution is -1.97. The number of ketones is 1. The molecule has 0 fully saturated rings. The van der Waals surface area contributed by atoms with Crippen molar-refractivity contribution in [1.82, 2.24) is 0 Å². The van der Waals surface area contributed by atoms with Gasteiger partial charge in [-0.1, -0.05) is 57.5 Å². The van der Waals surface area contributed by atoms with Crippen LogP contribution in [0.3, 0.4) is 0 Å². The van der Waals surface area contributed by atoms with E-state index in [4.69, 9.17) is 0 Å². The van der Waals surface area contributed by atoms with Gasteiger partial charge in [-0.15, -0.1) is 0 Å². The molecule has 0 saturated heterocycles. The molecule has 0 heterocycles. The summed E-state index contributed by atoms with van der Waals surface area (Å²) in [4.78, 5) is 11.4. The van der Waals surface area contributed by atoms with Gasteiger partial charge in [0, 0.05) is 12.0 Å². The van der Waals surface area contributed by atoms with Crippen LogP contribution in [0, 0.1) is 0 Å². The van der Waals surface area contributed by atoms with Crippen LogP contribution >= 0.6 is 12.6 Å². The zero-order chi connectivity index (χ0) is 12.8. The van der Waals surface area contributed by atoms with Gasteiger partial charge in [-0.2, -0.15) is 12.6 Å². The van der Waals surface area contributed by atoms with Crippen LogP contribution in [0.25, 0.3) is 0 Å². The lowest BCUT2D eigenvalue weighted by Gasteiger charge is -1.97. The Labute approximate surface area is 106 Å². The molecule has 2 heteroatoms. The molecule has 0 aromatic heterocycles. The third kappa shape index (κ3) is 8.54. The van der Waals surface area contributed by atoms with E-state index in [1.54, 1.807) is 6.26 Å². The number of Topliss-reactive ketones (excluding diaryl/α,β-unsaturated/α-hetero) is 1. The first-order chi connectivity index (χ1) is 7.84. The van der Waals surface area contributed by atoms with Gasteiger partial charge in [0.05, 0.1) is 0 Å². The molecular formula is C14H24OS. The monoisotopic (exact) mass is 240 g/mol. The van der Waals surface area contributed by atoms with Gasteiger partial charge < -0.3 is 0 Å². The zero-order valence-corrected chi connectivity index (χ0v) is 11.8. The Hall–Kier alpha value is -0.760. The minimum Gasteiger partial charge on any atom is -0.294 e. The Balaban J connectivity index is 0. The van der Waals surface area contributed by atoms with Crippen molar-refractivity contribution in [3.05, 3.63) is 35.9 Å². The van der Waals surface area contributed by atoms with E-state index < -0.39 is 0 Å². The molecule has 0 aliphatic heterocycles. The van der Waals surface area contributed by atoms with Crippen molar-refractivity contribution in [3.8, 4) is 0 Å². The zero-order valence-electron chi connectivity index (χ0n) is 10.9. The van der Waals surface area contributed by atoms with Crippen molar-refractivity contribution in [1.29, 1.82) is 0 Å². The normalized spacial score (nSPS) is 8.06. The second-order valence-corrected chi connectivity index (χ2v) is 2.89. The maximum atomic E-state index is 11.4. The van der Waals surface area contributed by atoms with Crippen molar-refractivity contribution in [2.75, 3.05) is 6.26 Å². The molecule has 0 saturated carbocycles. The quantitative estimate of drug-likeness (QED) is 0.599. The van der Waals surface area contributed by atoms with E-state index in [2.05, 4.69) is 19.6 Å². The Bertz CT molecular complexity index is 244. The van der Waals surface area contributed by atoms with Crippen LogP contribution in [0.15, 0.2) is 30.3 Å². The Morgan fingerprint density at radius 3 is 2.06 bits per heavy atom. The Kier molecular flexibility index (Phi) is 15.7. The van der Waals surface area contributed by atoms with Crippen LogP contribution in [-0.4, -0.2) is 12.0 Å². The van der Waals surface area contributed by atoms with Gasteiger partial charge in [0.15, 0.2) is 5.78 Å². The Morgan fingerprint density at radius 1 is 1.12 bits per heavy atom. The maximum absolute atomic E-state index is 11.4. The summed E-state index contributed by atoms with van der Waals surface area (Å²) in [5.74, 6) is 0.262. The molecule has 0 atom stereocenters. The number of hydrogen-bond donors (Lipinski definition) is 1. The van der Waals surface area contributed by atoms with E-state index in [0.29, 0.717) is 6.42 Å². The highest BCUT2D eigenvalue weighted by Crippen LogP contribution is 2.05. The molecule has 1 aromatic carbocycles. The summed E-state index contributed by atoms with van der Waals surface area (Å²) in [7, 11) is 0. The molecule has 0 N–H and O–H groups in total. The second-order valence-electron chi connectivity index (χ2n) is 2.89. The van der Waals surface area contributed by atoms with Crippen molar-refractivity contribution in [2.45, 2.75) is 40.0 Å². The molecule has 0 spiro atoms. The van der Waals surface area contributed by atoms with Gasteiger partial charge in [-0.3, -0.25) is 4.79 Å². The summed E-state index contributed by atoms with van der Waals surface area (Å²) in [5, 5.41) is 0. The number of carbonyl (C=O) groups excluding carboxylic acids is 1. The van der Waals surface area contributed by atoms with Crippen LogP contribution < -0.4 is 0 Å². The SMILES string of the molecule is CC.CCCCC(=O)c1ccccc1.CS. The van der Waals surface area contributed by atoms with Gasteiger partial charge >= 0.3 is 0 Å². The predicted molar refractivity (Wildman–Crippen MR) is 76.6 cm³/mol. The van der Waals surface area contributed by atoms with Crippen LogP contribution in [0.2, 0.25) is 0 Å². The van der Waals surface area contributed by atoms with Crippen LogP contribution in [0.1, 0.15) is 50.4 Å². The molecule has 0 bridgehead atoms. The molecule has 0 amide bonds. The lowest BCUT2D eigenvalue weighted by atomic mass is 10.1. The highest BCUT2D eigenvalue weighted by molar-refractivity contribution is 7.79. The minimum absolute atomic E-state index is 0.262. The van der Waals surface area contributed by atoms with Gasteiger partial charge in [-0.05, 0) is 12.7 Å². The average molecular weight is 240 g/mol. The number of carbonyl (C=O) groups is 1. The number of thiol groups is 1. The molecule has 1 aromatic rings. The van der Waals surface area contributed by atoms with E-state index in [0.717, 1.165) is 18.4 Å². The topological polar surface area (TPSA) is 17.1 Å². The molecular weight excluding hydrogens is 216 g/mol. The second kappa shape index (κ2) is 14.2. The minimum atomic E-state index is 0.262. The van der Waals surface area contributed by atoms with E-state index in [9.17, 15) is 4.79 Å². The summed E-state index contributed by atoms with van der Waals surface area (Å²) < 4.78 is 0. The number of rotatable bonds is 4. The van der Waals surface area contributed by atoms with E-state index in [-0.39, 0.29) is 5.78 Å². The number of benzene rings is 1. The smallest absolute Gasteiger partial charge is 0.162 e. The average Bonchev–Trinajstić information content (AvgIpc) is 2.41. The first-order valence-electron chi connectivity index (χ1n) is 5.87. The van der Waals surface area contributed by atoms with Crippen LogP contribution in [0.4, 0.5) is 0 Å². The largest absolute Gasteiger partial charge is 0.294 e. The summed E-state index contributed by atoms with van der Waals surface area (Å²) in [5.41, 5.74) is 0.839. The third-order valence-electron chi connectivity index (χ3n) is 1.85. The first kappa shape index (κ1) is 17.6. The van der Waals surface area contributed by atoms with Crippen molar-refractivity contribution >= 4 is 18.4 Å². The van der Waals surface area contributed by atoms with Crippen LogP contribution in [-0.2, 0) is 0 Å². The summed E-state index contributed by atoms with van der Waals surface area (Å²) in [6.45, 7) is 6.10. The van der Waals surface area contributed by atoms with Gasteiger partial charge in [-0.25, -0.2) is 0 Å². The van der Waals surface area contributed by atoms with Crippen molar-refractivity contribution in [2.24, 2.45) is 0 Å². The van der Waals surface area contributed by atoms with E-state index in [1.807, 2.05) is 44.2 Å². The number of unbranched alkanes of at least 4 members (excludes halogenated alkanes) is 1. The fourth-order valence-electron chi connectivity index (χ4n) is 1.11. The third-order valence-corrected chi connectivity index (χ3v) is 1.85. The fraction of sp³-hybridized carbons (Fsp3) is 0.500. The molecule has 1 nitrogen and oxygen atoms in total. The lowest BCUT2D eigenvalue weighted by molar-refractivity contribution is 0.0980. The highest BCUT2D eigenvalue weighted by Gasteiger charge is 2.02. The summed E-state index contributed by atoms with van der Waals surface area (Å²) >= 11 is 3.53. The van der Waals surface area contributed by atoms with Crippen LogP contribution in [0.5, 0.6) is 0 Å². The number of hydrogen-bond acceptors (Lipinski definition) is 2. The summed E-state index contributed by atoms with van der Waals surface area (Å²) in [6, 6.07) is 9.48. The van der Waals surface area contributed by atoms with Crippen molar-refractivity contribution in [3.63, 3.8) is 0 Å². The van der Waals surface area contributed by atoms with Gasteiger partial charge in [0.25, 0.3) is 0 Å². The molecule has 0 unspecified atom stereocenters. The predicted octanol–water partition coefficient (Wildman–Crippen LogP) is 4.63. The van der Waals surface area contributed by atoms with Gasteiger partial charge in [0.2, 0.25) is 0 Å². The molecule has 1 rings (SSSR count). The Morgan fingerprint density at radius 2 is 1.62 bits per heavy atom. The molecule has 0 aliphatic carbocycles. The van der Waals surface area contributed by atoms with E-state index in [1.165, 1.54) is 0 Å². The molecule has 16 heavy (non-hydrogen) atoms. The van der Waals surface area contributed by atoms with Gasteiger partial charge in [0.1, 0.15) is 0 Å². The summed E-state index contributed by atoms with van der Waals surface area (Å²) in [6.07, 6.45) is 4.45. The molecule has 92 valence electrons. The van der Waals surface area contributed by atoms with E-state index >= 15 is 0 Å². The standard InChI is InChI=1S/C11H14O.C2H6.CH4S/c1-2-3-9-11(12)10-7-5-4-6-8-10;2*1-2/h4-8H,2-3,9H2,1H3;1-2H3;2H,1H3. The first-order valence-corrected chi connectivity index (χ1v) is 6.77. The maximum Gasteiger partial charge on any atom is 0.162 e. The highest BCUT2D eigenvalue weighted by atomic mass is 32.1. The molecule has 0 aliphatic rings. The fourth-order valence-corrected chi connectivity index (χ4v) is 1.11. The molecule has 0 radical (unpaired) electrons. The van der Waals surface area contributed by atoms with Crippen molar-refractivity contribution < 1.29 is 4.79 Å².